The predicted molar refractivity (Wildman–Crippen MR) is 297 cm³/mol. The van der Waals surface area contributed by atoms with Gasteiger partial charge in [-0.05, 0) is 83.0 Å². The molecule has 1 fully saturated rings. The lowest BCUT2D eigenvalue weighted by atomic mass is 9.91. The molecular weight excluding hydrogens is 1010 g/mol. The Labute approximate surface area is 464 Å². The minimum Gasteiger partial charge on any atom is -0.390 e. The average molecular weight is 1110 g/mol. The normalized spacial score (nSPS) is 28.2. The van der Waals surface area contributed by atoms with Gasteiger partial charge in [0.25, 0.3) is 0 Å². The molecule has 0 aromatic heterocycles. The summed E-state index contributed by atoms with van der Waals surface area (Å²) >= 11 is 0. The number of nitrogens with zero attached hydrogens (tertiary/aromatic N) is 7. The Morgan fingerprint density at radius 3 is 1.53 bits per heavy atom. The number of allylic oxidation sites excluding steroid dienone is 2. The third-order valence-corrected chi connectivity index (χ3v) is 14.7. The lowest BCUT2D eigenvalue weighted by Crippen LogP contribution is -2.63. The fourth-order valence-corrected chi connectivity index (χ4v) is 9.42. The van der Waals surface area contributed by atoms with Crippen molar-refractivity contribution in [1.29, 1.82) is 0 Å². The van der Waals surface area contributed by atoms with Gasteiger partial charge in [-0.25, -0.2) is 0 Å². The van der Waals surface area contributed by atoms with Crippen LogP contribution in [0.1, 0.15) is 123 Å². The fourth-order valence-electron chi connectivity index (χ4n) is 9.42. The number of aliphatic hydroxyl groups is 2. The lowest BCUT2D eigenvalue weighted by Gasteiger charge is -2.41. The summed E-state index contributed by atoms with van der Waals surface area (Å²) in [5.41, 5.74) is 0. The summed E-state index contributed by atoms with van der Waals surface area (Å²) in [7, 11) is 9.82. The van der Waals surface area contributed by atoms with Crippen LogP contribution >= 0.6 is 0 Å². The van der Waals surface area contributed by atoms with Crippen LogP contribution in [0.4, 0.5) is 0 Å². The molecule has 0 bridgehead atoms. The summed E-state index contributed by atoms with van der Waals surface area (Å²) in [5, 5.41) is 34.1. The lowest BCUT2D eigenvalue weighted by molar-refractivity contribution is -0.157. The first-order chi connectivity index (χ1) is 36.0. The van der Waals surface area contributed by atoms with E-state index in [0.29, 0.717) is 6.42 Å². The maximum Gasteiger partial charge on any atom is 0.246 e. The number of nitrogens with one attached hydrogen (secondary N) is 4. The van der Waals surface area contributed by atoms with E-state index in [9.17, 15) is 53.4 Å². The van der Waals surface area contributed by atoms with Crippen molar-refractivity contribution < 1.29 is 58.2 Å². The number of carbonyl (C=O) groups is 10. The molecule has 6 N–H and O–H groups in total. The third-order valence-electron chi connectivity index (χ3n) is 14.7. The van der Waals surface area contributed by atoms with Gasteiger partial charge in [0.15, 0.2) is 0 Å². The molecule has 0 aliphatic carbocycles. The van der Waals surface area contributed by atoms with E-state index in [2.05, 4.69) is 21.3 Å². The SMILES string of the molecule is C/C=C/C[C@@H](C)[C@@H](O)[C@H]1C(=O)N[C@@H](CC)C(=O)N(C)CC(=O)N(C)[C@@H](C)C(O)N[C@@H](C(C)C)C(=O)N(C)CC(=O)N[C@@H](C)C(=O)N[C@H](C)C(=O)N(C)[C@@H](CC(C)C)C(=O)N(C)[C@H](CC(C)C)C(=O)N(C)[C@@H](C(C)C)C(=O)N1C. The van der Waals surface area contributed by atoms with Gasteiger partial charge < -0.3 is 60.5 Å². The molecule has 1 rings (SSSR count). The van der Waals surface area contributed by atoms with Gasteiger partial charge in [-0.3, -0.25) is 53.3 Å². The van der Waals surface area contributed by atoms with Crippen LogP contribution in [0.5, 0.6) is 0 Å². The van der Waals surface area contributed by atoms with E-state index in [0.717, 1.165) is 14.7 Å². The molecule has 12 atom stereocenters. The van der Waals surface area contributed by atoms with E-state index in [1.165, 1.54) is 89.7 Å². The summed E-state index contributed by atoms with van der Waals surface area (Å²) in [6.07, 6.45) is 1.29. The Morgan fingerprint density at radius 2 is 1.05 bits per heavy atom. The molecule has 0 saturated carbocycles. The summed E-state index contributed by atoms with van der Waals surface area (Å²) in [6.45, 7) is 22.9. The highest BCUT2D eigenvalue weighted by atomic mass is 16.3. The first-order valence-electron chi connectivity index (χ1n) is 27.5. The van der Waals surface area contributed by atoms with Crippen LogP contribution in [0.2, 0.25) is 0 Å². The second-order valence-electron chi connectivity index (χ2n) is 22.9. The molecule has 1 heterocycles. The van der Waals surface area contributed by atoms with Gasteiger partial charge in [0.2, 0.25) is 59.1 Å². The molecule has 1 unspecified atom stereocenters. The van der Waals surface area contributed by atoms with Gasteiger partial charge >= 0.3 is 0 Å². The zero-order valence-corrected chi connectivity index (χ0v) is 50.7. The topological polar surface area (TPSA) is 282 Å². The number of likely N-dealkylation sites (N-methyl/N-ethyl adjacent to an activating group) is 7. The largest absolute Gasteiger partial charge is 0.390 e. The summed E-state index contributed by atoms with van der Waals surface area (Å²) in [6, 6.07) is -10.8. The molecule has 78 heavy (non-hydrogen) atoms. The molecule has 1 saturated heterocycles. The van der Waals surface area contributed by atoms with E-state index in [4.69, 9.17) is 0 Å². The van der Waals surface area contributed by atoms with Crippen molar-refractivity contribution in [3.63, 3.8) is 0 Å². The van der Waals surface area contributed by atoms with Gasteiger partial charge in [-0.2, -0.15) is 0 Å². The molecule has 10 amide bonds. The molecule has 23 heteroatoms. The summed E-state index contributed by atoms with van der Waals surface area (Å²) in [4.78, 5) is 150. The minimum absolute atomic E-state index is 0.0394. The predicted octanol–water partition coefficient (Wildman–Crippen LogP) is 0.620. The maximum atomic E-state index is 15.0. The Morgan fingerprint density at radius 1 is 0.564 bits per heavy atom. The van der Waals surface area contributed by atoms with Crippen LogP contribution in [0.3, 0.4) is 0 Å². The number of aliphatic hydroxyl groups excluding tert-OH is 2. The smallest absolute Gasteiger partial charge is 0.246 e. The van der Waals surface area contributed by atoms with E-state index in [1.807, 2.05) is 27.7 Å². The molecular formula is C55H99N11O12. The van der Waals surface area contributed by atoms with Gasteiger partial charge in [0.1, 0.15) is 48.5 Å². The monoisotopic (exact) mass is 1110 g/mol. The summed E-state index contributed by atoms with van der Waals surface area (Å²) < 4.78 is 0. The molecule has 23 nitrogen and oxygen atoms in total. The van der Waals surface area contributed by atoms with E-state index in [1.54, 1.807) is 60.6 Å². The van der Waals surface area contributed by atoms with Crippen LogP contribution in [0, 0.1) is 29.6 Å². The van der Waals surface area contributed by atoms with Crippen LogP contribution in [0.25, 0.3) is 0 Å². The summed E-state index contributed by atoms with van der Waals surface area (Å²) in [5.74, 6) is -8.59. The molecule has 0 aromatic carbocycles. The van der Waals surface area contributed by atoms with Crippen molar-refractivity contribution in [2.75, 3.05) is 62.4 Å². The van der Waals surface area contributed by atoms with Crippen molar-refractivity contribution in [3.05, 3.63) is 12.2 Å². The number of hydrogen-bond donors (Lipinski definition) is 6. The molecule has 1 aliphatic heterocycles. The van der Waals surface area contributed by atoms with E-state index in [-0.39, 0.29) is 31.1 Å². The van der Waals surface area contributed by atoms with Gasteiger partial charge in [0, 0.05) is 49.3 Å². The highest BCUT2D eigenvalue weighted by molar-refractivity contribution is 5.98. The molecule has 1 aliphatic rings. The minimum atomic E-state index is -1.59. The number of rotatable bonds is 11. The molecule has 446 valence electrons. The molecule has 0 radical (unpaired) electrons. The Kier molecular flexibility index (Phi) is 28.7. The van der Waals surface area contributed by atoms with Crippen molar-refractivity contribution in [1.82, 2.24) is 55.6 Å². The maximum absolute atomic E-state index is 15.0. The van der Waals surface area contributed by atoms with Crippen molar-refractivity contribution >= 4 is 59.1 Å². The van der Waals surface area contributed by atoms with E-state index >= 15 is 4.79 Å². The number of carbonyl (C=O) groups excluding carboxylic acids is 10. The molecule has 0 aromatic rings. The zero-order valence-electron chi connectivity index (χ0n) is 50.7. The van der Waals surface area contributed by atoms with Crippen molar-refractivity contribution in [3.8, 4) is 0 Å². The second-order valence-corrected chi connectivity index (χ2v) is 22.9. The van der Waals surface area contributed by atoms with Crippen molar-refractivity contribution in [2.24, 2.45) is 29.6 Å². The number of hydrogen-bond acceptors (Lipinski definition) is 13. The third kappa shape index (κ3) is 19.3. The van der Waals surface area contributed by atoms with Gasteiger partial charge in [-0.15, -0.1) is 0 Å². The van der Waals surface area contributed by atoms with Gasteiger partial charge in [-0.1, -0.05) is 81.4 Å². The highest BCUT2D eigenvalue weighted by Gasteiger charge is 2.45. The van der Waals surface area contributed by atoms with Crippen molar-refractivity contribution in [2.45, 2.75) is 189 Å². The molecule has 0 spiro atoms. The standard InChI is InChI=1S/C55H99N11O12/c1-22-24-25-34(11)46(69)45-49(72)58-38(23-2)51(74)61(16)29-42(68)62(17)37(14)48(71)59-43(32(7)8)54(77)60(15)28-41(67)56-35(12)47(70)57-36(13)50(73)63(18)39(26-30(3)4)52(75)64(19)40(27-31(5)6)53(76)65(20)44(33(9)10)55(78)66(45)21/h22,24,30-40,43-46,48,59,69,71H,23,25-29H2,1-21H3,(H,56,67)(H,57,70)(H,58,72)/b24-22+/t34-,35+,36-,37+,38+,39+,40-,43+,44+,45+,46-,48?/m1/s1. The second kappa shape index (κ2) is 31.8. The Bertz CT molecular complexity index is 2100. The zero-order chi connectivity index (χ0) is 60.5. The first kappa shape index (κ1) is 70.3. The van der Waals surface area contributed by atoms with Crippen LogP contribution in [-0.4, -0.2) is 233 Å². The van der Waals surface area contributed by atoms with Crippen LogP contribution in [0.15, 0.2) is 12.2 Å². The van der Waals surface area contributed by atoms with Crippen LogP contribution < -0.4 is 21.3 Å². The highest BCUT2D eigenvalue weighted by Crippen LogP contribution is 2.25. The quantitative estimate of drug-likeness (QED) is 0.155. The van der Waals surface area contributed by atoms with E-state index < -0.39 is 157 Å². The van der Waals surface area contributed by atoms with Crippen LogP contribution in [-0.2, 0) is 47.9 Å². The first-order valence-corrected chi connectivity index (χ1v) is 27.5. The fraction of sp³-hybridized carbons (Fsp3) is 0.782. The Balaban J connectivity index is 4.11. The number of amides is 10. The Hall–Kier alpha value is -5.68. The van der Waals surface area contributed by atoms with Gasteiger partial charge in [0.05, 0.1) is 31.3 Å². The average Bonchev–Trinajstić information content (AvgIpc) is 3.36.